The molecule has 4 atom stereocenters. The Kier molecular flexibility index (Phi) is 3.53. The van der Waals surface area contributed by atoms with Crippen molar-refractivity contribution < 1.29 is 4.74 Å². The van der Waals surface area contributed by atoms with E-state index in [1.807, 2.05) is 0 Å². The summed E-state index contributed by atoms with van der Waals surface area (Å²) in [5, 5.41) is 3.75. The van der Waals surface area contributed by atoms with Crippen LogP contribution in [0.2, 0.25) is 0 Å². The zero-order chi connectivity index (χ0) is 14.3. The fraction of sp³-hybridized carbons (Fsp3) is 0.667. The van der Waals surface area contributed by atoms with E-state index in [1.54, 1.807) is 12.7 Å². The van der Waals surface area contributed by atoms with Gasteiger partial charge in [0.05, 0.1) is 7.11 Å². The molecule has 0 aliphatic heterocycles. The van der Waals surface area contributed by atoms with Crippen molar-refractivity contribution in [1.29, 1.82) is 0 Å². The van der Waals surface area contributed by atoms with Crippen LogP contribution in [0.4, 0.5) is 0 Å². The number of ether oxygens (including phenoxy) is 1. The number of aryl methyl sites for hydroxylation is 1. The van der Waals surface area contributed by atoms with Crippen LogP contribution in [0.1, 0.15) is 50.7 Å². The van der Waals surface area contributed by atoms with Crippen molar-refractivity contribution in [2.45, 2.75) is 52.0 Å². The highest BCUT2D eigenvalue weighted by atomic mass is 16.5. The molecule has 1 N–H and O–H groups in total. The van der Waals surface area contributed by atoms with Crippen molar-refractivity contribution in [3.05, 3.63) is 29.3 Å². The molecule has 110 valence electrons. The summed E-state index contributed by atoms with van der Waals surface area (Å²) < 4.78 is 5.39. The normalized spacial score (nSPS) is 34.9. The molecule has 1 fully saturated rings. The number of benzene rings is 1. The largest absolute Gasteiger partial charge is 0.497 e. The average Bonchev–Trinajstić information content (AvgIpc) is 2.50. The van der Waals surface area contributed by atoms with Crippen LogP contribution in [-0.4, -0.2) is 19.7 Å². The number of hydrogen-bond donors (Lipinski definition) is 1. The fourth-order valence-corrected chi connectivity index (χ4v) is 4.76. The first-order valence-corrected chi connectivity index (χ1v) is 8.05. The molecule has 2 aliphatic carbocycles. The van der Waals surface area contributed by atoms with Gasteiger partial charge >= 0.3 is 0 Å². The fourth-order valence-electron chi connectivity index (χ4n) is 4.76. The molecule has 2 aliphatic rings. The van der Waals surface area contributed by atoms with Gasteiger partial charge in [-0.25, -0.2) is 0 Å². The van der Waals surface area contributed by atoms with Gasteiger partial charge in [-0.15, -0.1) is 0 Å². The van der Waals surface area contributed by atoms with E-state index < -0.39 is 0 Å². The first-order chi connectivity index (χ1) is 9.65. The third-order valence-electron chi connectivity index (χ3n) is 5.90. The van der Waals surface area contributed by atoms with E-state index in [9.17, 15) is 0 Å². The van der Waals surface area contributed by atoms with Crippen molar-refractivity contribution in [2.75, 3.05) is 13.7 Å². The summed E-state index contributed by atoms with van der Waals surface area (Å²) in [5.74, 6) is 2.55. The van der Waals surface area contributed by atoms with Gasteiger partial charge < -0.3 is 10.1 Å². The van der Waals surface area contributed by atoms with Gasteiger partial charge in [-0.2, -0.15) is 0 Å². The van der Waals surface area contributed by atoms with Gasteiger partial charge in [-0.3, -0.25) is 0 Å². The van der Waals surface area contributed by atoms with E-state index >= 15 is 0 Å². The highest BCUT2D eigenvalue weighted by Gasteiger charge is 2.59. The molecule has 1 aromatic carbocycles. The van der Waals surface area contributed by atoms with Crippen LogP contribution in [0.15, 0.2) is 18.2 Å². The Bertz CT molecular complexity index is 498. The molecule has 20 heavy (non-hydrogen) atoms. The monoisotopic (exact) mass is 273 g/mol. The van der Waals surface area contributed by atoms with Gasteiger partial charge in [-0.05, 0) is 66.3 Å². The number of nitrogens with one attached hydrogen (secondary N) is 1. The Hall–Kier alpha value is -1.02. The number of fused-ring (bicyclic) bond motifs is 3. The summed E-state index contributed by atoms with van der Waals surface area (Å²) in [6, 6.07) is 7.40. The standard InChI is InChI=1S/C18H27NO/c1-5-18(3)16-14-10-8-13(20-4)11-12(14)7-9-15(16)17(18)19-6-2/h8,10-11,15-17,19H,5-7,9H2,1-4H3. The summed E-state index contributed by atoms with van der Waals surface area (Å²) in [6.45, 7) is 8.13. The molecule has 0 spiro atoms. The van der Waals surface area contributed by atoms with Crippen LogP contribution in [-0.2, 0) is 6.42 Å². The summed E-state index contributed by atoms with van der Waals surface area (Å²) >= 11 is 0. The van der Waals surface area contributed by atoms with E-state index in [1.165, 1.54) is 24.8 Å². The van der Waals surface area contributed by atoms with E-state index in [-0.39, 0.29) is 0 Å². The molecule has 3 rings (SSSR count). The van der Waals surface area contributed by atoms with Crippen LogP contribution in [0.25, 0.3) is 0 Å². The molecule has 2 nitrogen and oxygen atoms in total. The van der Waals surface area contributed by atoms with Gasteiger partial charge in [-0.1, -0.05) is 26.8 Å². The van der Waals surface area contributed by atoms with Crippen LogP contribution < -0.4 is 10.1 Å². The summed E-state index contributed by atoms with van der Waals surface area (Å²) in [7, 11) is 1.76. The zero-order valence-corrected chi connectivity index (χ0v) is 13.2. The van der Waals surface area contributed by atoms with Crippen LogP contribution in [0.5, 0.6) is 5.75 Å². The van der Waals surface area contributed by atoms with Crippen molar-refractivity contribution in [3.63, 3.8) is 0 Å². The lowest BCUT2D eigenvalue weighted by atomic mass is 9.45. The maximum Gasteiger partial charge on any atom is 0.119 e. The van der Waals surface area contributed by atoms with E-state index in [4.69, 9.17) is 4.74 Å². The topological polar surface area (TPSA) is 21.3 Å². The second kappa shape index (κ2) is 5.07. The minimum absolute atomic E-state index is 0.407. The lowest BCUT2D eigenvalue weighted by Crippen LogP contribution is -2.64. The van der Waals surface area contributed by atoms with E-state index in [0.717, 1.165) is 24.1 Å². The first-order valence-electron chi connectivity index (χ1n) is 8.05. The lowest BCUT2D eigenvalue weighted by Gasteiger charge is -2.63. The minimum Gasteiger partial charge on any atom is -0.497 e. The molecular weight excluding hydrogens is 246 g/mol. The van der Waals surface area contributed by atoms with Gasteiger partial charge in [0.15, 0.2) is 0 Å². The number of methoxy groups -OCH3 is 1. The Morgan fingerprint density at radius 1 is 1.35 bits per heavy atom. The average molecular weight is 273 g/mol. The van der Waals surface area contributed by atoms with Crippen LogP contribution >= 0.6 is 0 Å². The van der Waals surface area contributed by atoms with Gasteiger partial charge in [0, 0.05) is 6.04 Å². The van der Waals surface area contributed by atoms with E-state index in [2.05, 4.69) is 44.3 Å². The SMILES string of the molecule is CCNC1C2CCc3cc(OC)ccc3C2C1(C)CC. The lowest BCUT2D eigenvalue weighted by molar-refractivity contribution is -0.0391. The Balaban J connectivity index is 1.96. The smallest absolute Gasteiger partial charge is 0.119 e. The van der Waals surface area contributed by atoms with Gasteiger partial charge in [0.25, 0.3) is 0 Å². The highest BCUT2D eigenvalue weighted by molar-refractivity contribution is 5.44. The van der Waals surface area contributed by atoms with E-state index in [0.29, 0.717) is 11.5 Å². The van der Waals surface area contributed by atoms with Crippen molar-refractivity contribution >= 4 is 0 Å². The molecule has 4 unspecified atom stereocenters. The summed E-state index contributed by atoms with van der Waals surface area (Å²) in [4.78, 5) is 0. The Morgan fingerprint density at radius 2 is 2.15 bits per heavy atom. The quantitative estimate of drug-likeness (QED) is 0.902. The molecule has 2 heteroatoms. The molecule has 0 radical (unpaired) electrons. The molecular formula is C18H27NO. The minimum atomic E-state index is 0.407. The van der Waals surface area contributed by atoms with Crippen molar-refractivity contribution in [2.24, 2.45) is 11.3 Å². The number of rotatable bonds is 4. The zero-order valence-electron chi connectivity index (χ0n) is 13.2. The molecule has 0 heterocycles. The third-order valence-corrected chi connectivity index (χ3v) is 5.90. The van der Waals surface area contributed by atoms with Crippen molar-refractivity contribution in [1.82, 2.24) is 5.32 Å². The third kappa shape index (κ3) is 1.81. The second-order valence-corrected chi connectivity index (χ2v) is 6.64. The predicted molar refractivity (Wildman–Crippen MR) is 83.4 cm³/mol. The van der Waals surface area contributed by atoms with Crippen LogP contribution in [0.3, 0.4) is 0 Å². The highest BCUT2D eigenvalue weighted by Crippen LogP contribution is 2.62. The second-order valence-electron chi connectivity index (χ2n) is 6.64. The van der Waals surface area contributed by atoms with Gasteiger partial charge in [0.1, 0.15) is 5.75 Å². The van der Waals surface area contributed by atoms with Crippen LogP contribution in [0, 0.1) is 11.3 Å². The molecule has 0 amide bonds. The maximum absolute atomic E-state index is 5.39. The van der Waals surface area contributed by atoms with Crippen molar-refractivity contribution in [3.8, 4) is 5.75 Å². The summed E-state index contributed by atoms with van der Waals surface area (Å²) in [6.07, 6.45) is 3.77. The van der Waals surface area contributed by atoms with Gasteiger partial charge in [0.2, 0.25) is 0 Å². The number of hydrogen-bond acceptors (Lipinski definition) is 2. The molecule has 1 aromatic rings. The molecule has 0 bridgehead atoms. The predicted octanol–water partition coefficient (Wildman–Crippen LogP) is 3.75. The Morgan fingerprint density at radius 3 is 2.80 bits per heavy atom. The first kappa shape index (κ1) is 13.9. The molecule has 1 saturated carbocycles. The molecule has 0 saturated heterocycles. The molecule has 0 aromatic heterocycles. The summed E-state index contributed by atoms with van der Waals surface area (Å²) in [5.41, 5.74) is 3.51. The maximum atomic E-state index is 5.39. The Labute approximate surface area is 122 Å².